The van der Waals surface area contributed by atoms with Crippen LogP contribution in [-0.4, -0.2) is 11.2 Å². The van der Waals surface area contributed by atoms with E-state index in [1.165, 1.54) is 0 Å². The highest BCUT2D eigenvalue weighted by atomic mass is 35.5. The summed E-state index contributed by atoms with van der Waals surface area (Å²) < 4.78 is 0. The van der Waals surface area contributed by atoms with Gasteiger partial charge < -0.3 is 4.79 Å². The van der Waals surface area contributed by atoms with E-state index in [1.54, 1.807) is 0 Å². The van der Waals surface area contributed by atoms with Crippen molar-refractivity contribution in [3.63, 3.8) is 0 Å². The first-order valence-corrected chi connectivity index (χ1v) is 5.69. The van der Waals surface area contributed by atoms with Gasteiger partial charge in [-0.1, -0.05) is 48.6 Å². The highest BCUT2D eigenvalue weighted by Crippen LogP contribution is 2.40. The van der Waals surface area contributed by atoms with Crippen LogP contribution in [0.4, 0.5) is 0 Å². The number of alkyl halides is 1. The molecule has 0 saturated carbocycles. The summed E-state index contributed by atoms with van der Waals surface area (Å²) in [6.45, 7) is 0. The average molecular weight is 233 g/mol. The van der Waals surface area contributed by atoms with Gasteiger partial charge in [0.15, 0.2) is 0 Å². The zero-order valence-corrected chi connectivity index (χ0v) is 9.65. The van der Waals surface area contributed by atoms with Crippen LogP contribution >= 0.6 is 11.6 Å². The molecule has 0 spiro atoms. The summed E-state index contributed by atoms with van der Waals surface area (Å²) >= 11 is 6.52. The van der Waals surface area contributed by atoms with Crippen LogP contribution in [-0.2, 0) is 4.79 Å². The topological polar surface area (TPSA) is 17.1 Å². The van der Waals surface area contributed by atoms with Crippen molar-refractivity contribution in [1.82, 2.24) is 0 Å². The molecule has 0 aromatic heterocycles. The fourth-order valence-electron chi connectivity index (χ4n) is 1.98. The number of carbonyl (C=O) groups is 1. The van der Waals surface area contributed by atoms with Crippen molar-refractivity contribution < 1.29 is 4.79 Å². The predicted molar refractivity (Wildman–Crippen MR) is 67.4 cm³/mol. The molecular formula is C14H13ClO. The van der Waals surface area contributed by atoms with Gasteiger partial charge in [-0.2, -0.15) is 0 Å². The van der Waals surface area contributed by atoms with E-state index in [4.69, 9.17) is 11.6 Å². The molecule has 0 N–H and O–H groups in total. The van der Waals surface area contributed by atoms with Gasteiger partial charge in [0.1, 0.15) is 6.29 Å². The minimum Gasteiger partial charge on any atom is -0.303 e. The van der Waals surface area contributed by atoms with Gasteiger partial charge in [0, 0.05) is 6.42 Å². The van der Waals surface area contributed by atoms with Crippen molar-refractivity contribution >= 4 is 23.5 Å². The lowest BCUT2D eigenvalue weighted by atomic mass is 9.84. The number of allylic oxidation sites excluding steroid dienone is 4. The Morgan fingerprint density at radius 3 is 2.75 bits per heavy atom. The fraction of sp³-hybridized carbons (Fsp3) is 0.214. The van der Waals surface area contributed by atoms with Gasteiger partial charge in [0.05, 0.1) is 4.87 Å². The van der Waals surface area contributed by atoms with Crippen LogP contribution in [0, 0.1) is 0 Å². The molecule has 0 amide bonds. The molecule has 1 unspecified atom stereocenters. The Balaban J connectivity index is 2.40. The van der Waals surface area contributed by atoms with Gasteiger partial charge in [-0.05, 0) is 17.6 Å². The van der Waals surface area contributed by atoms with Gasteiger partial charge in [-0.15, -0.1) is 11.6 Å². The highest BCUT2D eigenvalue weighted by molar-refractivity contribution is 6.31. The number of aldehydes is 1. The average Bonchev–Trinajstić information content (AvgIpc) is 2.31. The van der Waals surface area contributed by atoms with Gasteiger partial charge in [0.2, 0.25) is 0 Å². The summed E-state index contributed by atoms with van der Waals surface area (Å²) in [6, 6.07) is 9.97. The first-order chi connectivity index (χ1) is 7.76. The maximum atomic E-state index is 10.7. The number of rotatable bonds is 3. The first kappa shape index (κ1) is 11.2. The Hall–Kier alpha value is -1.34. The van der Waals surface area contributed by atoms with E-state index in [9.17, 15) is 4.79 Å². The van der Waals surface area contributed by atoms with Crippen LogP contribution in [0.1, 0.15) is 18.4 Å². The molecule has 82 valence electrons. The van der Waals surface area contributed by atoms with Crippen molar-refractivity contribution in [3.8, 4) is 0 Å². The number of benzene rings is 1. The van der Waals surface area contributed by atoms with E-state index in [0.29, 0.717) is 12.8 Å². The number of halogens is 1. The Morgan fingerprint density at radius 2 is 2.06 bits per heavy atom. The van der Waals surface area contributed by atoms with Crippen molar-refractivity contribution in [2.75, 3.05) is 0 Å². The van der Waals surface area contributed by atoms with Crippen molar-refractivity contribution in [2.45, 2.75) is 17.7 Å². The lowest BCUT2D eigenvalue weighted by Crippen LogP contribution is -2.24. The second kappa shape index (κ2) is 4.67. The Labute approximate surface area is 100 Å². The molecule has 1 atom stereocenters. The number of hydrogen-bond donors (Lipinski definition) is 0. The monoisotopic (exact) mass is 232 g/mol. The minimum absolute atomic E-state index is 0.347. The lowest BCUT2D eigenvalue weighted by Gasteiger charge is -2.29. The second-order valence-electron chi connectivity index (χ2n) is 3.91. The van der Waals surface area contributed by atoms with E-state index in [-0.39, 0.29) is 0 Å². The SMILES string of the molecule is O=CCC1(Cl)CC=CC=C1c1ccccc1. The number of carbonyl (C=O) groups excluding carboxylic acids is 1. The van der Waals surface area contributed by atoms with E-state index >= 15 is 0 Å². The molecule has 0 heterocycles. The third kappa shape index (κ3) is 2.10. The Bertz CT molecular complexity index is 429. The molecule has 0 radical (unpaired) electrons. The molecule has 16 heavy (non-hydrogen) atoms. The molecule has 1 nitrogen and oxygen atoms in total. The summed E-state index contributed by atoms with van der Waals surface area (Å²) in [5.74, 6) is 0. The van der Waals surface area contributed by atoms with Gasteiger partial charge in [0.25, 0.3) is 0 Å². The van der Waals surface area contributed by atoms with Crippen LogP contribution < -0.4 is 0 Å². The molecule has 0 fully saturated rings. The summed E-state index contributed by atoms with van der Waals surface area (Å²) in [6.07, 6.45) is 7.93. The second-order valence-corrected chi connectivity index (χ2v) is 4.64. The smallest absolute Gasteiger partial charge is 0.122 e. The maximum Gasteiger partial charge on any atom is 0.122 e. The molecule has 1 aliphatic carbocycles. The first-order valence-electron chi connectivity index (χ1n) is 5.31. The standard InChI is InChI=1S/C14H13ClO/c15-14(10-11-16)9-5-4-8-13(14)12-6-2-1-3-7-12/h1-8,11H,9-10H2. The molecule has 0 aliphatic heterocycles. The quantitative estimate of drug-likeness (QED) is 0.575. The fourth-order valence-corrected chi connectivity index (χ4v) is 2.30. The van der Waals surface area contributed by atoms with Crippen molar-refractivity contribution in [3.05, 3.63) is 54.1 Å². The zero-order valence-electron chi connectivity index (χ0n) is 8.90. The van der Waals surface area contributed by atoms with Gasteiger partial charge in [-0.25, -0.2) is 0 Å². The summed E-state index contributed by atoms with van der Waals surface area (Å²) in [5.41, 5.74) is 2.12. The van der Waals surface area contributed by atoms with E-state index < -0.39 is 4.87 Å². The molecular weight excluding hydrogens is 220 g/mol. The molecule has 0 bridgehead atoms. The zero-order chi connectivity index (χ0) is 11.4. The van der Waals surface area contributed by atoms with E-state index in [1.807, 2.05) is 48.6 Å². The normalized spacial score (nSPS) is 23.9. The van der Waals surface area contributed by atoms with E-state index in [0.717, 1.165) is 17.4 Å². The Kier molecular flexibility index (Phi) is 3.25. The number of hydrogen-bond acceptors (Lipinski definition) is 1. The molecule has 2 rings (SSSR count). The van der Waals surface area contributed by atoms with Crippen LogP contribution in [0.3, 0.4) is 0 Å². The van der Waals surface area contributed by atoms with Crippen LogP contribution in [0.2, 0.25) is 0 Å². The molecule has 1 aromatic carbocycles. The summed E-state index contributed by atoms with van der Waals surface area (Å²) in [5, 5.41) is 0. The van der Waals surface area contributed by atoms with Gasteiger partial charge >= 0.3 is 0 Å². The molecule has 2 heteroatoms. The highest BCUT2D eigenvalue weighted by Gasteiger charge is 2.32. The van der Waals surface area contributed by atoms with Crippen LogP contribution in [0.25, 0.3) is 5.57 Å². The largest absolute Gasteiger partial charge is 0.303 e. The lowest BCUT2D eigenvalue weighted by molar-refractivity contribution is -0.108. The molecule has 0 saturated heterocycles. The van der Waals surface area contributed by atoms with Crippen molar-refractivity contribution in [2.24, 2.45) is 0 Å². The van der Waals surface area contributed by atoms with Crippen LogP contribution in [0.5, 0.6) is 0 Å². The van der Waals surface area contributed by atoms with Crippen LogP contribution in [0.15, 0.2) is 48.6 Å². The minimum atomic E-state index is -0.572. The predicted octanol–water partition coefficient (Wildman–Crippen LogP) is 3.60. The molecule has 1 aliphatic rings. The third-order valence-electron chi connectivity index (χ3n) is 2.81. The Morgan fingerprint density at radius 1 is 1.31 bits per heavy atom. The third-order valence-corrected chi connectivity index (χ3v) is 3.33. The van der Waals surface area contributed by atoms with E-state index in [2.05, 4.69) is 0 Å². The summed E-state index contributed by atoms with van der Waals surface area (Å²) in [4.78, 5) is 10.1. The van der Waals surface area contributed by atoms with Crippen molar-refractivity contribution in [1.29, 1.82) is 0 Å². The molecule has 1 aromatic rings. The maximum absolute atomic E-state index is 10.7. The summed E-state index contributed by atoms with van der Waals surface area (Å²) in [7, 11) is 0. The van der Waals surface area contributed by atoms with Gasteiger partial charge in [-0.3, -0.25) is 0 Å².